The summed E-state index contributed by atoms with van der Waals surface area (Å²) in [6.07, 6.45) is 4.20. The van der Waals surface area contributed by atoms with Gasteiger partial charge in [0.15, 0.2) is 0 Å². The highest BCUT2D eigenvalue weighted by Crippen LogP contribution is 2.22. The predicted molar refractivity (Wildman–Crippen MR) is 78.7 cm³/mol. The average molecular weight is 274 g/mol. The summed E-state index contributed by atoms with van der Waals surface area (Å²) >= 11 is 0. The molecule has 0 aliphatic heterocycles. The molecule has 1 aliphatic rings. The molecule has 108 valence electrons. The molecule has 4 heteroatoms. The molecule has 0 unspecified atom stereocenters. The molecule has 0 radical (unpaired) electrons. The van der Waals surface area contributed by atoms with Gasteiger partial charge in [0, 0.05) is 12.1 Å². The van der Waals surface area contributed by atoms with E-state index in [1.807, 2.05) is 25.1 Å². The van der Waals surface area contributed by atoms with Gasteiger partial charge in [-0.15, -0.1) is 0 Å². The number of carbonyl (C=O) groups excluding carboxylic acids is 2. The number of hydrogen-bond acceptors (Lipinski definition) is 2. The molecule has 1 aliphatic carbocycles. The number of amides is 2. The maximum absolute atomic E-state index is 12.1. The van der Waals surface area contributed by atoms with Crippen LogP contribution in [0, 0.1) is 0 Å². The lowest BCUT2D eigenvalue weighted by atomic mass is 10.1. The van der Waals surface area contributed by atoms with E-state index >= 15 is 0 Å². The second-order valence-electron chi connectivity index (χ2n) is 5.32. The molecule has 0 saturated heterocycles. The molecule has 0 bridgehead atoms. The minimum absolute atomic E-state index is 0.138. The van der Waals surface area contributed by atoms with Gasteiger partial charge in [0.05, 0.1) is 0 Å². The van der Waals surface area contributed by atoms with Gasteiger partial charge in [0.2, 0.25) is 5.91 Å². The second-order valence-corrected chi connectivity index (χ2v) is 5.32. The minimum Gasteiger partial charge on any atom is -0.354 e. The first kappa shape index (κ1) is 14.6. The first-order valence-corrected chi connectivity index (χ1v) is 7.32. The Hall–Kier alpha value is -1.84. The number of benzene rings is 1. The van der Waals surface area contributed by atoms with Gasteiger partial charge < -0.3 is 10.6 Å². The molecule has 1 atom stereocenters. The number of fused-ring (bicyclic) bond motifs is 1. The van der Waals surface area contributed by atoms with Gasteiger partial charge >= 0.3 is 0 Å². The summed E-state index contributed by atoms with van der Waals surface area (Å²) in [5, 5.41) is 5.52. The zero-order chi connectivity index (χ0) is 14.5. The summed E-state index contributed by atoms with van der Waals surface area (Å²) in [6, 6.07) is 5.31. The third-order valence-corrected chi connectivity index (χ3v) is 3.65. The van der Waals surface area contributed by atoms with E-state index in [-0.39, 0.29) is 11.8 Å². The van der Waals surface area contributed by atoms with E-state index in [0.717, 1.165) is 25.7 Å². The molecule has 2 amide bonds. The Morgan fingerprint density at radius 3 is 2.75 bits per heavy atom. The minimum atomic E-state index is -0.512. The van der Waals surface area contributed by atoms with Crippen LogP contribution >= 0.6 is 0 Å². The van der Waals surface area contributed by atoms with Gasteiger partial charge in [0.25, 0.3) is 5.91 Å². The maximum atomic E-state index is 12.1. The van der Waals surface area contributed by atoms with Crippen molar-refractivity contribution in [2.75, 3.05) is 6.54 Å². The molecule has 0 spiro atoms. The Balaban J connectivity index is 1.96. The van der Waals surface area contributed by atoms with Gasteiger partial charge in [-0.3, -0.25) is 9.59 Å². The van der Waals surface area contributed by atoms with Crippen molar-refractivity contribution in [3.63, 3.8) is 0 Å². The van der Waals surface area contributed by atoms with Crippen LogP contribution in [0.15, 0.2) is 18.2 Å². The SMILES string of the molecule is CCCNC(=O)[C@H](C)NC(=O)c1ccc2c(c1)CCC2. The molecular weight excluding hydrogens is 252 g/mol. The van der Waals surface area contributed by atoms with E-state index in [0.29, 0.717) is 12.1 Å². The molecule has 0 heterocycles. The third-order valence-electron chi connectivity index (χ3n) is 3.65. The van der Waals surface area contributed by atoms with Crippen molar-refractivity contribution in [2.45, 2.75) is 45.6 Å². The zero-order valence-electron chi connectivity index (χ0n) is 12.2. The van der Waals surface area contributed by atoms with Crippen LogP contribution in [-0.2, 0) is 17.6 Å². The maximum Gasteiger partial charge on any atom is 0.251 e. The number of aryl methyl sites for hydroxylation is 2. The average Bonchev–Trinajstić information content (AvgIpc) is 2.91. The van der Waals surface area contributed by atoms with E-state index in [9.17, 15) is 9.59 Å². The fraction of sp³-hybridized carbons (Fsp3) is 0.500. The number of hydrogen-bond donors (Lipinski definition) is 2. The number of carbonyl (C=O) groups is 2. The standard InChI is InChI=1S/C16H22N2O2/c1-3-9-17-15(19)11(2)18-16(20)14-8-7-12-5-4-6-13(12)10-14/h7-8,10-11H,3-6,9H2,1-2H3,(H,17,19)(H,18,20)/t11-/m0/s1. The number of rotatable bonds is 5. The Morgan fingerprint density at radius 1 is 1.25 bits per heavy atom. The van der Waals surface area contributed by atoms with Crippen LogP contribution in [0.2, 0.25) is 0 Å². The van der Waals surface area contributed by atoms with Gasteiger partial charge in [-0.2, -0.15) is 0 Å². The quantitative estimate of drug-likeness (QED) is 0.860. The topological polar surface area (TPSA) is 58.2 Å². The van der Waals surface area contributed by atoms with Crippen LogP contribution in [0.25, 0.3) is 0 Å². The van der Waals surface area contributed by atoms with Crippen molar-refractivity contribution in [1.82, 2.24) is 10.6 Å². The lowest BCUT2D eigenvalue weighted by Crippen LogP contribution is -2.45. The van der Waals surface area contributed by atoms with Crippen molar-refractivity contribution < 1.29 is 9.59 Å². The first-order valence-electron chi connectivity index (χ1n) is 7.32. The molecule has 2 N–H and O–H groups in total. The summed E-state index contributed by atoms with van der Waals surface area (Å²) in [7, 11) is 0. The summed E-state index contributed by atoms with van der Waals surface area (Å²) in [6.45, 7) is 4.34. The second kappa shape index (κ2) is 6.55. The summed E-state index contributed by atoms with van der Waals surface area (Å²) < 4.78 is 0. The van der Waals surface area contributed by atoms with E-state index in [1.54, 1.807) is 6.92 Å². The highest BCUT2D eigenvalue weighted by molar-refractivity contribution is 5.97. The van der Waals surface area contributed by atoms with E-state index in [1.165, 1.54) is 11.1 Å². The normalized spacial score (nSPS) is 14.5. The third kappa shape index (κ3) is 3.38. The Labute approximate surface area is 119 Å². The van der Waals surface area contributed by atoms with Crippen molar-refractivity contribution in [3.8, 4) is 0 Å². The molecule has 4 nitrogen and oxygen atoms in total. The van der Waals surface area contributed by atoms with Crippen LogP contribution in [0.4, 0.5) is 0 Å². The highest BCUT2D eigenvalue weighted by atomic mass is 16.2. The van der Waals surface area contributed by atoms with Gasteiger partial charge in [-0.25, -0.2) is 0 Å². The van der Waals surface area contributed by atoms with E-state index in [4.69, 9.17) is 0 Å². The smallest absolute Gasteiger partial charge is 0.251 e. The van der Waals surface area contributed by atoms with E-state index < -0.39 is 6.04 Å². The van der Waals surface area contributed by atoms with Crippen LogP contribution in [0.1, 0.15) is 48.2 Å². The van der Waals surface area contributed by atoms with Crippen molar-refractivity contribution in [3.05, 3.63) is 34.9 Å². The summed E-state index contributed by atoms with van der Waals surface area (Å²) in [5.74, 6) is -0.319. The van der Waals surface area contributed by atoms with Gasteiger partial charge in [-0.05, 0) is 55.9 Å². The van der Waals surface area contributed by atoms with Crippen LogP contribution in [-0.4, -0.2) is 24.4 Å². The Bertz CT molecular complexity index is 511. The highest BCUT2D eigenvalue weighted by Gasteiger charge is 2.18. The monoisotopic (exact) mass is 274 g/mol. The Kier molecular flexibility index (Phi) is 4.77. The molecule has 0 aromatic heterocycles. The molecule has 1 aromatic carbocycles. The van der Waals surface area contributed by atoms with E-state index in [2.05, 4.69) is 10.6 Å². The molecular formula is C16H22N2O2. The summed E-state index contributed by atoms with van der Waals surface area (Å²) in [4.78, 5) is 23.9. The van der Waals surface area contributed by atoms with Crippen LogP contribution in [0.3, 0.4) is 0 Å². The molecule has 1 aromatic rings. The zero-order valence-corrected chi connectivity index (χ0v) is 12.2. The Morgan fingerprint density at radius 2 is 2.00 bits per heavy atom. The van der Waals surface area contributed by atoms with Crippen molar-refractivity contribution in [2.24, 2.45) is 0 Å². The molecule has 0 saturated carbocycles. The lowest BCUT2D eigenvalue weighted by Gasteiger charge is -2.14. The van der Waals surface area contributed by atoms with Gasteiger partial charge in [-0.1, -0.05) is 13.0 Å². The van der Waals surface area contributed by atoms with Crippen LogP contribution < -0.4 is 10.6 Å². The molecule has 20 heavy (non-hydrogen) atoms. The summed E-state index contributed by atoms with van der Waals surface area (Å²) in [5.41, 5.74) is 3.25. The van der Waals surface area contributed by atoms with Crippen molar-refractivity contribution >= 4 is 11.8 Å². The first-order chi connectivity index (χ1) is 9.61. The predicted octanol–water partition coefficient (Wildman–Crippen LogP) is 1.82. The number of nitrogens with one attached hydrogen (secondary N) is 2. The molecule has 2 rings (SSSR count). The van der Waals surface area contributed by atoms with Crippen molar-refractivity contribution in [1.29, 1.82) is 0 Å². The fourth-order valence-electron chi connectivity index (χ4n) is 2.46. The fourth-order valence-corrected chi connectivity index (χ4v) is 2.46. The van der Waals surface area contributed by atoms with Gasteiger partial charge in [0.1, 0.15) is 6.04 Å². The lowest BCUT2D eigenvalue weighted by molar-refractivity contribution is -0.122. The molecule has 0 fully saturated rings. The van der Waals surface area contributed by atoms with Crippen LogP contribution in [0.5, 0.6) is 0 Å². The largest absolute Gasteiger partial charge is 0.354 e.